The zero-order valence-corrected chi connectivity index (χ0v) is 15.5. The van der Waals surface area contributed by atoms with Gasteiger partial charge < -0.3 is 4.90 Å². The fourth-order valence-electron chi connectivity index (χ4n) is 3.07. The highest BCUT2D eigenvalue weighted by Crippen LogP contribution is 2.31. The molecule has 25 heavy (non-hydrogen) atoms. The first-order valence-electron chi connectivity index (χ1n) is 9.02. The van der Waals surface area contributed by atoms with Gasteiger partial charge in [0, 0.05) is 12.1 Å². The predicted octanol–water partition coefficient (Wildman–Crippen LogP) is 5.25. The number of amides is 1. The Hall–Kier alpha value is -2.42. The third-order valence-electron chi connectivity index (χ3n) is 4.61. The Kier molecular flexibility index (Phi) is 4.76. The molecule has 1 aliphatic heterocycles. The van der Waals surface area contributed by atoms with Crippen LogP contribution in [-0.2, 0) is 10.2 Å². The van der Waals surface area contributed by atoms with E-state index in [0.29, 0.717) is 5.71 Å². The van der Waals surface area contributed by atoms with E-state index in [9.17, 15) is 4.79 Å². The van der Waals surface area contributed by atoms with Gasteiger partial charge in [-0.25, -0.2) is 4.99 Å². The Morgan fingerprint density at radius 1 is 1.00 bits per heavy atom. The van der Waals surface area contributed by atoms with Crippen LogP contribution in [-0.4, -0.2) is 18.2 Å². The van der Waals surface area contributed by atoms with Crippen molar-refractivity contribution in [1.82, 2.24) is 0 Å². The number of unbranched alkanes of at least 4 members (excludes halogenated alkanes) is 1. The lowest BCUT2D eigenvalue weighted by molar-refractivity contribution is -0.112. The van der Waals surface area contributed by atoms with E-state index in [4.69, 9.17) is 0 Å². The van der Waals surface area contributed by atoms with Gasteiger partial charge in [-0.1, -0.05) is 64.4 Å². The van der Waals surface area contributed by atoms with Crippen LogP contribution in [0.1, 0.15) is 51.7 Å². The van der Waals surface area contributed by atoms with Crippen LogP contribution >= 0.6 is 0 Å². The minimum atomic E-state index is 0.00884. The molecule has 0 fully saturated rings. The topological polar surface area (TPSA) is 32.7 Å². The maximum absolute atomic E-state index is 12.9. The summed E-state index contributed by atoms with van der Waals surface area (Å²) in [6.07, 6.45) is 2.06. The standard InChI is InChI=1S/C22H26N2O/c1-5-6-15-24-19-10-8-7-9-18(19)20(21(24)25)23-17-13-11-16(12-14-17)22(2,3)4/h7-14H,5-6,15H2,1-4H3. The van der Waals surface area contributed by atoms with Crippen molar-refractivity contribution in [1.29, 1.82) is 0 Å². The van der Waals surface area contributed by atoms with Crippen molar-refractivity contribution in [2.45, 2.75) is 46.0 Å². The highest BCUT2D eigenvalue weighted by molar-refractivity contribution is 6.54. The summed E-state index contributed by atoms with van der Waals surface area (Å²) in [6.45, 7) is 9.45. The molecule has 0 aliphatic carbocycles. The summed E-state index contributed by atoms with van der Waals surface area (Å²) < 4.78 is 0. The molecule has 0 unspecified atom stereocenters. The number of hydrogen-bond donors (Lipinski definition) is 0. The van der Waals surface area contributed by atoms with Crippen molar-refractivity contribution in [2.24, 2.45) is 4.99 Å². The molecule has 3 heteroatoms. The summed E-state index contributed by atoms with van der Waals surface area (Å²) in [5.41, 5.74) is 4.66. The molecule has 0 radical (unpaired) electrons. The average molecular weight is 334 g/mol. The van der Waals surface area contributed by atoms with Crippen LogP contribution in [0.2, 0.25) is 0 Å². The first kappa shape index (κ1) is 17.4. The molecule has 3 rings (SSSR count). The van der Waals surface area contributed by atoms with Crippen molar-refractivity contribution in [3.8, 4) is 0 Å². The number of para-hydroxylation sites is 1. The molecule has 0 atom stereocenters. The Bertz CT molecular complexity index is 798. The summed E-state index contributed by atoms with van der Waals surface area (Å²) >= 11 is 0. The number of nitrogens with zero attached hydrogens (tertiary/aromatic N) is 2. The average Bonchev–Trinajstić information content (AvgIpc) is 2.85. The Morgan fingerprint density at radius 3 is 2.32 bits per heavy atom. The molecule has 1 aliphatic rings. The molecule has 0 N–H and O–H groups in total. The quantitative estimate of drug-likeness (QED) is 0.751. The lowest BCUT2D eigenvalue weighted by Crippen LogP contribution is -2.30. The van der Waals surface area contributed by atoms with Gasteiger partial charge in [-0.15, -0.1) is 0 Å². The molecule has 130 valence electrons. The minimum absolute atomic E-state index is 0.00884. The SMILES string of the molecule is CCCCN1C(=O)C(=Nc2ccc(C(C)(C)C)cc2)c2ccccc21. The van der Waals surface area contributed by atoms with E-state index in [1.165, 1.54) is 5.56 Å². The van der Waals surface area contributed by atoms with Gasteiger partial charge in [0.25, 0.3) is 5.91 Å². The summed E-state index contributed by atoms with van der Waals surface area (Å²) in [7, 11) is 0. The maximum Gasteiger partial charge on any atom is 0.277 e. The smallest absolute Gasteiger partial charge is 0.277 e. The molecule has 0 saturated carbocycles. The minimum Gasteiger partial charge on any atom is -0.306 e. The largest absolute Gasteiger partial charge is 0.306 e. The highest BCUT2D eigenvalue weighted by Gasteiger charge is 2.33. The molecule has 0 bridgehead atoms. The Labute approximate surface area is 150 Å². The molecule has 1 heterocycles. The first-order chi connectivity index (χ1) is 11.9. The molecule has 2 aromatic carbocycles. The van der Waals surface area contributed by atoms with Gasteiger partial charge in [0.05, 0.1) is 11.4 Å². The van der Waals surface area contributed by atoms with Gasteiger partial charge in [0.2, 0.25) is 0 Å². The van der Waals surface area contributed by atoms with Gasteiger partial charge in [-0.3, -0.25) is 4.79 Å². The van der Waals surface area contributed by atoms with E-state index >= 15 is 0 Å². The summed E-state index contributed by atoms with van der Waals surface area (Å²) in [5.74, 6) is 0.00884. The third-order valence-corrected chi connectivity index (χ3v) is 4.61. The zero-order chi connectivity index (χ0) is 18.0. The van der Waals surface area contributed by atoms with Crippen molar-refractivity contribution in [3.05, 3.63) is 59.7 Å². The number of carbonyl (C=O) groups excluding carboxylic acids is 1. The van der Waals surface area contributed by atoms with Crippen LogP contribution in [0, 0.1) is 0 Å². The van der Waals surface area contributed by atoms with Gasteiger partial charge in [-0.2, -0.15) is 0 Å². The van der Waals surface area contributed by atoms with Crippen LogP contribution in [0.25, 0.3) is 0 Å². The van der Waals surface area contributed by atoms with Gasteiger partial charge >= 0.3 is 0 Å². The second-order valence-electron chi connectivity index (χ2n) is 7.58. The van der Waals surface area contributed by atoms with Crippen molar-refractivity contribution < 1.29 is 4.79 Å². The Morgan fingerprint density at radius 2 is 1.68 bits per heavy atom. The molecule has 2 aromatic rings. The normalized spacial score (nSPS) is 15.8. The van der Waals surface area contributed by atoms with Crippen LogP contribution in [0.4, 0.5) is 11.4 Å². The molecular formula is C22H26N2O. The number of rotatable bonds is 4. The number of anilines is 1. The number of carbonyl (C=O) groups is 1. The molecule has 0 aromatic heterocycles. The van der Waals surface area contributed by atoms with Crippen LogP contribution in [0.15, 0.2) is 53.5 Å². The van der Waals surface area contributed by atoms with Crippen LogP contribution in [0.5, 0.6) is 0 Å². The second kappa shape index (κ2) is 6.83. The second-order valence-corrected chi connectivity index (χ2v) is 7.58. The molecule has 1 amide bonds. The van der Waals surface area contributed by atoms with E-state index < -0.39 is 0 Å². The van der Waals surface area contributed by atoms with Crippen molar-refractivity contribution in [2.75, 3.05) is 11.4 Å². The Balaban J connectivity index is 1.96. The van der Waals surface area contributed by atoms with Gasteiger partial charge in [0.15, 0.2) is 0 Å². The molecule has 3 nitrogen and oxygen atoms in total. The molecule has 0 saturated heterocycles. The third kappa shape index (κ3) is 3.51. The van der Waals surface area contributed by atoms with E-state index in [-0.39, 0.29) is 11.3 Å². The van der Waals surface area contributed by atoms with Crippen molar-refractivity contribution >= 4 is 23.0 Å². The predicted molar refractivity (Wildman–Crippen MR) is 105 cm³/mol. The van der Waals surface area contributed by atoms with E-state index in [2.05, 4.69) is 44.8 Å². The number of fused-ring (bicyclic) bond motifs is 1. The number of hydrogen-bond acceptors (Lipinski definition) is 2. The lowest BCUT2D eigenvalue weighted by Gasteiger charge is -2.18. The molecular weight excluding hydrogens is 308 g/mol. The summed E-state index contributed by atoms with van der Waals surface area (Å²) in [5, 5.41) is 0. The van der Waals surface area contributed by atoms with E-state index in [0.717, 1.165) is 36.3 Å². The van der Waals surface area contributed by atoms with Crippen LogP contribution < -0.4 is 4.90 Å². The fourth-order valence-corrected chi connectivity index (χ4v) is 3.07. The highest BCUT2D eigenvalue weighted by atomic mass is 16.2. The fraction of sp³-hybridized carbons (Fsp3) is 0.364. The summed E-state index contributed by atoms with van der Waals surface area (Å²) in [4.78, 5) is 19.4. The lowest BCUT2D eigenvalue weighted by atomic mass is 9.87. The van der Waals surface area contributed by atoms with Gasteiger partial charge in [-0.05, 0) is 35.6 Å². The monoisotopic (exact) mass is 334 g/mol. The number of benzene rings is 2. The van der Waals surface area contributed by atoms with Gasteiger partial charge in [0.1, 0.15) is 5.71 Å². The summed E-state index contributed by atoms with van der Waals surface area (Å²) in [6, 6.07) is 16.1. The van der Waals surface area contributed by atoms with Crippen molar-refractivity contribution in [3.63, 3.8) is 0 Å². The maximum atomic E-state index is 12.9. The number of aliphatic imine (C=N–C) groups is 1. The zero-order valence-electron chi connectivity index (χ0n) is 15.5. The van der Waals surface area contributed by atoms with Crippen LogP contribution in [0.3, 0.4) is 0 Å². The first-order valence-corrected chi connectivity index (χ1v) is 9.02. The van der Waals surface area contributed by atoms with E-state index in [1.54, 1.807) is 0 Å². The molecule has 0 spiro atoms. The van der Waals surface area contributed by atoms with E-state index in [1.807, 2.05) is 41.3 Å².